The third kappa shape index (κ3) is 6.64. The van der Waals surface area contributed by atoms with Crippen LogP contribution >= 0.6 is 11.8 Å². The molecule has 0 bridgehead atoms. The van der Waals surface area contributed by atoms with Gasteiger partial charge in [-0.3, -0.25) is 9.59 Å². The molecule has 4 N–H and O–H groups in total. The maximum atomic E-state index is 11.9. The number of anilines is 1. The Kier molecular flexibility index (Phi) is 7.85. The van der Waals surface area contributed by atoms with Crippen molar-refractivity contribution >= 4 is 29.3 Å². The summed E-state index contributed by atoms with van der Waals surface area (Å²) in [6, 6.07) is 6.74. The summed E-state index contributed by atoms with van der Waals surface area (Å²) in [6.45, 7) is 2.51. The number of thioether (sulfide) groups is 1. The minimum absolute atomic E-state index is 0.00614. The summed E-state index contributed by atoms with van der Waals surface area (Å²) in [6.07, 6.45) is 2.98. The number of amides is 2. The molecule has 2 amide bonds. The fraction of sp³-hybridized carbons (Fsp3) is 0.467. The number of nitrogens with two attached hydrogens (primary N) is 1. The van der Waals surface area contributed by atoms with Gasteiger partial charge in [-0.1, -0.05) is 12.1 Å². The summed E-state index contributed by atoms with van der Waals surface area (Å²) in [7, 11) is 0. The van der Waals surface area contributed by atoms with Crippen molar-refractivity contribution in [2.75, 3.05) is 23.9 Å². The highest BCUT2D eigenvalue weighted by molar-refractivity contribution is 7.98. The van der Waals surface area contributed by atoms with E-state index in [9.17, 15) is 9.59 Å². The van der Waals surface area contributed by atoms with Crippen molar-refractivity contribution in [2.24, 2.45) is 5.73 Å². The molecule has 0 aliphatic heterocycles. The van der Waals surface area contributed by atoms with Crippen LogP contribution in [0.1, 0.15) is 18.9 Å². The van der Waals surface area contributed by atoms with Crippen LogP contribution in [0.3, 0.4) is 0 Å². The number of benzene rings is 1. The van der Waals surface area contributed by atoms with Gasteiger partial charge in [0.25, 0.3) is 0 Å². The summed E-state index contributed by atoms with van der Waals surface area (Å²) in [4.78, 5) is 23.3. The van der Waals surface area contributed by atoms with E-state index in [0.717, 1.165) is 11.3 Å². The lowest BCUT2D eigenvalue weighted by Crippen LogP contribution is -2.36. The quantitative estimate of drug-likeness (QED) is 0.677. The first-order valence-electron chi connectivity index (χ1n) is 6.97. The summed E-state index contributed by atoms with van der Waals surface area (Å²) in [5, 5.41) is 5.53. The Bertz CT molecular complexity index is 462. The van der Waals surface area contributed by atoms with Crippen LogP contribution in [0.15, 0.2) is 24.3 Å². The van der Waals surface area contributed by atoms with E-state index < -0.39 is 6.04 Å². The predicted octanol–water partition coefficient (Wildman–Crippen LogP) is 1.38. The van der Waals surface area contributed by atoms with E-state index in [-0.39, 0.29) is 11.8 Å². The normalized spacial score (nSPS) is 11.8. The molecule has 1 aromatic rings. The van der Waals surface area contributed by atoms with Gasteiger partial charge >= 0.3 is 0 Å². The molecular weight excluding hydrogens is 286 g/mol. The highest BCUT2D eigenvalue weighted by Crippen LogP contribution is 2.11. The number of carbonyl (C=O) groups is 2. The van der Waals surface area contributed by atoms with Crippen LogP contribution in [0, 0.1) is 0 Å². The highest BCUT2D eigenvalue weighted by Gasteiger charge is 2.12. The number of carbonyl (C=O) groups excluding carboxylic acids is 2. The molecule has 5 nitrogen and oxygen atoms in total. The van der Waals surface area contributed by atoms with E-state index in [1.165, 1.54) is 0 Å². The average Bonchev–Trinajstić information content (AvgIpc) is 2.47. The van der Waals surface area contributed by atoms with Crippen molar-refractivity contribution < 1.29 is 9.59 Å². The zero-order valence-electron chi connectivity index (χ0n) is 12.5. The average molecular weight is 309 g/mol. The van der Waals surface area contributed by atoms with Crippen molar-refractivity contribution in [3.63, 3.8) is 0 Å². The highest BCUT2D eigenvalue weighted by atomic mass is 32.2. The smallest absolute Gasteiger partial charge is 0.241 e. The summed E-state index contributed by atoms with van der Waals surface area (Å²) in [5.74, 6) is 0.675. The third-order valence-corrected chi connectivity index (χ3v) is 3.57. The first-order valence-corrected chi connectivity index (χ1v) is 8.37. The Hall–Kier alpha value is -1.53. The van der Waals surface area contributed by atoms with E-state index in [0.29, 0.717) is 25.1 Å². The van der Waals surface area contributed by atoms with Crippen LogP contribution in [0.4, 0.5) is 5.69 Å². The molecule has 0 saturated carbocycles. The molecule has 0 saturated heterocycles. The Morgan fingerprint density at radius 2 is 1.95 bits per heavy atom. The van der Waals surface area contributed by atoms with E-state index in [4.69, 9.17) is 5.73 Å². The number of rotatable bonds is 8. The molecule has 0 spiro atoms. The van der Waals surface area contributed by atoms with E-state index in [1.54, 1.807) is 23.9 Å². The van der Waals surface area contributed by atoms with Crippen molar-refractivity contribution in [3.05, 3.63) is 29.8 Å². The second-order valence-corrected chi connectivity index (χ2v) is 5.69. The second kappa shape index (κ2) is 9.41. The minimum atomic E-state index is -0.493. The molecule has 6 heteroatoms. The molecule has 0 aromatic heterocycles. The molecule has 1 rings (SSSR count). The Labute approximate surface area is 130 Å². The standard InChI is InChI=1S/C15H23N3O2S/c1-3-17-14(19)10-11-4-6-12(7-5-11)18-15(20)13(16)8-9-21-2/h4-7,13H,3,8-10,16H2,1-2H3,(H,17,19)(H,18,20)/t13-/m1/s1. The van der Waals surface area contributed by atoms with Crippen molar-refractivity contribution in [1.29, 1.82) is 0 Å². The lowest BCUT2D eigenvalue weighted by atomic mass is 10.1. The Morgan fingerprint density at radius 1 is 1.29 bits per heavy atom. The van der Waals surface area contributed by atoms with Gasteiger partial charge in [-0.2, -0.15) is 11.8 Å². The number of nitrogens with one attached hydrogen (secondary N) is 2. The van der Waals surface area contributed by atoms with Crippen molar-refractivity contribution in [1.82, 2.24) is 5.32 Å². The molecule has 0 unspecified atom stereocenters. The number of hydrogen-bond acceptors (Lipinski definition) is 4. The van der Waals surface area contributed by atoms with Gasteiger partial charge in [0.2, 0.25) is 11.8 Å². The molecule has 0 aliphatic carbocycles. The zero-order chi connectivity index (χ0) is 15.7. The van der Waals surface area contributed by atoms with Crippen LogP contribution in [0.25, 0.3) is 0 Å². The monoisotopic (exact) mass is 309 g/mol. The molecule has 21 heavy (non-hydrogen) atoms. The number of hydrogen-bond donors (Lipinski definition) is 3. The van der Waals surface area contributed by atoms with Gasteiger partial charge in [0.05, 0.1) is 12.5 Å². The molecular formula is C15H23N3O2S. The Balaban J connectivity index is 2.50. The maximum absolute atomic E-state index is 11.9. The van der Waals surface area contributed by atoms with E-state index in [2.05, 4.69) is 10.6 Å². The van der Waals surface area contributed by atoms with Crippen LogP contribution < -0.4 is 16.4 Å². The van der Waals surface area contributed by atoms with Gasteiger partial charge in [0, 0.05) is 12.2 Å². The van der Waals surface area contributed by atoms with Gasteiger partial charge in [0.1, 0.15) is 0 Å². The molecule has 116 valence electrons. The van der Waals surface area contributed by atoms with Crippen LogP contribution in [-0.4, -0.2) is 36.4 Å². The summed E-state index contributed by atoms with van der Waals surface area (Å²) >= 11 is 1.67. The summed E-state index contributed by atoms with van der Waals surface area (Å²) < 4.78 is 0. The van der Waals surface area contributed by atoms with Gasteiger partial charge in [-0.05, 0) is 43.0 Å². The largest absolute Gasteiger partial charge is 0.356 e. The van der Waals surface area contributed by atoms with Gasteiger partial charge < -0.3 is 16.4 Å². The molecule has 0 fully saturated rings. The minimum Gasteiger partial charge on any atom is -0.356 e. The maximum Gasteiger partial charge on any atom is 0.241 e. The number of likely N-dealkylation sites (N-methyl/N-ethyl adjacent to an activating group) is 1. The fourth-order valence-corrected chi connectivity index (χ4v) is 2.25. The molecule has 0 radical (unpaired) electrons. The van der Waals surface area contributed by atoms with E-state index in [1.807, 2.05) is 25.3 Å². The van der Waals surface area contributed by atoms with Gasteiger partial charge in [0.15, 0.2) is 0 Å². The predicted molar refractivity (Wildman–Crippen MR) is 88.4 cm³/mol. The topological polar surface area (TPSA) is 84.2 Å². The van der Waals surface area contributed by atoms with Gasteiger partial charge in [-0.15, -0.1) is 0 Å². The lowest BCUT2D eigenvalue weighted by Gasteiger charge is -2.12. The van der Waals surface area contributed by atoms with Crippen molar-refractivity contribution in [2.45, 2.75) is 25.8 Å². The first-order chi connectivity index (χ1) is 10.1. The Morgan fingerprint density at radius 3 is 2.52 bits per heavy atom. The SMILES string of the molecule is CCNC(=O)Cc1ccc(NC(=O)[C@H](N)CCSC)cc1. The third-order valence-electron chi connectivity index (χ3n) is 2.93. The van der Waals surface area contributed by atoms with E-state index >= 15 is 0 Å². The second-order valence-electron chi connectivity index (χ2n) is 4.70. The first kappa shape index (κ1) is 17.5. The fourth-order valence-electron chi connectivity index (χ4n) is 1.76. The van der Waals surface area contributed by atoms with Crippen molar-refractivity contribution in [3.8, 4) is 0 Å². The molecule has 1 atom stereocenters. The van der Waals surface area contributed by atoms with Crippen LogP contribution in [0.5, 0.6) is 0 Å². The van der Waals surface area contributed by atoms with Crippen LogP contribution in [0.2, 0.25) is 0 Å². The summed E-state index contributed by atoms with van der Waals surface area (Å²) in [5.41, 5.74) is 7.40. The zero-order valence-corrected chi connectivity index (χ0v) is 13.3. The molecule has 0 heterocycles. The van der Waals surface area contributed by atoms with Crippen LogP contribution in [-0.2, 0) is 16.0 Å². The molecule has 1 aromatic carbocycles. The lowest BCUT2D eigenvalue weighted by molar-refractivity contribution is -0.120. The van der Waals surface area contributed by atoms with Gasteiger partial charge in [-0.25, -0.2) is 0 Å². The molecule has 0 aliphatic rings.